The Morgan fingerprint density at radius 1 is 1.18 bits per heavy atom. The van der Waals surface area contributed by atoms with Gasteiger partial charge < -0.3 is 5.32 Å². The summed E-state index contributed by atoms with van der Waals surface area (Å²) in [6.45, 7) is 4.09. The highest BCUT2D eigenvalue weighted by Gasteiger charge is 2.21. The van der Waals surface area contributed by atoms with Gasteiger partial charge in [-0.05, 0) is 80.0 Å². The number of hydrogen-bond acceptors (Lipinski definition) is 6. The van der Waals surface area contributed by atoms with Crippen LogP contribution in [0.15, 0.2) is 40.4 Å². The molecule has 3 aromatic rings. The van der Waals surface area contributed by atoms with E-state index >= 15 is 0 Å². The summed E-state index contributed by atoms with van der Waals surface area (Å²) in [4.78, 5) is 12.5. The van der Waals surface area contributed by atoms with E-state index in [0.29, 0.717) is 10.8 Å². The molecule has 0 unspecified atom stereocenters. The number of rotatable bonds is 7. The van der Waals surface area contributed by atoms with Crippen LogP contribution >= 0.6 is 23.4 Å². The molecule has 1 aliphatic carbocycles. The molecule has 1 heterocycles. The third-order valence-corrected chi connectivity index (χ3v) is 8.05. The highest BCUT2D eigenvalue weighted by Crippen LogP contribution is 2.33. The first-order valence-electron chi connectivity index (χ1n) is 11.0. The Morgan fingerprint density at radius 3 is 2.59 bits per heavy atom. The molecule has 0 aliphatic heterocycles. The minimum absolute atomic E-state index is 0.0840. The van der Waals surface area contributed by atoms with E-state index in [9.17, 15) is 13.2 Å². The smallest absolute Gasteiger partial charge is 0.238 e. The summed E-state index contributed by atoms with van der Waals surface area (Å²) in [5.74, 6) is 0.549. The molecule has 1 aromatic heterocycles. The average Bonchev–Trinajstić information content (AvgIpc) is 3.17. The molecule has 180 valence electrons. The van der Waals surface area contributed by atoms with E-state index in [0.717, 1.165) is 37.2 Å². The zero-order chi connectivity index (χ0) is 24.5. The van der Waals surface area contributed by atoms with Crippen molar-refractivity contribution in [2.24, 2.45) is 5.14 Å². The van der Waals surface area contributed by atoms with Gasteiger partial charge in [-0.25, -0.2) is 13.6 Å². The summed E-state index contributed by atoms with van der Waals surface area (Å²) in [7, 11) is -3.88. The quantitative estimate of drug-likeness (QED) is 0.454. The number of nitrogens with two attached hydrogens (primary N) is 1. The number of carbonyl (C=O) groups excluding carboxylic acids is 1. The van der Waals surface area contributed by atoms with Gasteiger partial charge in [0.1, 0.15) is 5.82 Å². The fraction of sp³-hybridized carbons (Fsp3) is 0.348. The molecule has 1 aliphatic rings. The molecule has 1 amide bonds. The molecular formula is C23H26ClN5O3S2. The average molecular weight is 520 g/mol. The molecule has 0 fully saturated rings. The van der Waals surface area contributed by atoms with Crippen molar-refractivity contribution >= 4 is 45.0 Å². The van der Waals surface area contributed by atoms with Crippen LogP contribution in [-0.2, 0) is 34.1 Å². The Labute approximate surface area is 208 Å². The third-order valence-electron chi connectivity index (χ3n) is 5.90. The summed E-state index contributed by atoms with van der Waals surface area (Å²) in [5, 5.41) is 17.1. The molecule has 0 bridgehead atoms. The van der Waals surface area contributed by atoms with E-state index in [4.69, 9.17) is 16.7 Å². The minimum atomic E-state index is -3.88. The Kier molecular flexibility index (Phi) is 7.32. The van der Waals surface area contributed by atoms with Crippen LogP contribution in [0.4, 0.5) is 5.69 Å². The highest BCUT2D eigenvalue weighted by molar-refractivity contribution is 7.99. The second kappa shape index (κ2) is 10.1. The maximum atomic E-state index is 12.6. The number of carbonyl (C=O) groups is 1. The van der Waals surface area contributed by atoms with Gasteiger partial charge in [0.25, 0.3) is 0 Å². The van der Waals surface area contributed by atoms with Crippen LogP contribution in [0.5, 0.6) is 0 Å². The van der Waals surface area contributed by atoms with E-state index in [1.807, 2.05) is 11.5 Å². The number of anilines is 1. The van der Waals surface area contributed by atoms with Crippen LogP contribution in [0.25, 0.3) is 5.69 Å². The molecule has 2 aromatic carbocycles. The van der Waals surface area contributed by atoms with Gasteiger partial charge in [0.05, 0.1) is 27.0 Å². The number of thioether (sulfide) groups is 1. The number of nitrogens with one attached hydrogen (secondary N) is 1. The van der Waals surface area contributed by atoms with Gasteiger partial charge >= 0.3 is 0 Å². The number of sulfonamides is 1. The van der Waals surface area contributed by atoms with Gasteiger partial charge in [-0.2, -0.15) is 0 Å². The maximum Gasteiger partial charge on any atom is 0.238 e. The van der Waals surface area contributed by atoms with Crippen molar-refractivity contribution in [1.29, 1.82) is 0 Å². The van der Waals surface area contributed by atoms with Gasteiger partial charge in [0, 0.05) is 0 Å². The Balaban J connectivity index is 1.53. The number of amides is 1. The van der Waals surface area contributed by atoms with Crippen molar-refractivity contribution in [3.05, 3.63) is 57.9 Å². The maximum absolute atomic E-state index is 12.6. The number of hydrogen-bond donors (Lipinski definition) is 2. The van der Waals surface area contributed by atoms with Gasteiger partial charge in [-0.3, -0.25) is 9.36 Å². The molecule has 0 saturated carbocycles. The number of aryl methyl sites for hydroxylation is 2. The van der Waals surface area contributed by atoms with Gasteiger partial charge in [0.15, 0.2) is 5.16 Å². The third kappa shape index (κ3) is 5.14. The molecule has 0 radical (unpaired) electrons. The van der Waals surface area contributed by atoms with Crippen LogP contribution in [-0.4, -0.2) is 34.8 Å². The van der Waals surface area contributed by atoms with E-state index in [2.05, 4.69) is 34.6 Å². The van der Waals surface area contributed by atoms with Crippen molar-refractivity contribution in [2.45, 2.75) is 56.0 Å². The van der Waals surface area contributed by atoms with Crippen molar-refractivity contribution < 1.29 is 13.2 Å². The molecule has 11 heteroatoms. The van der Waals surface area contributed by atoms with Gasteiger partial charge in [0.2, 0.25) is 15.9 Å². The Hall–Kier alpha value is -2.40. The van der Waals surface area contributed by atoms with Crippen LogP contribution in [0.2, 0.25) is 5.02 Å². The zero-order valence-electron chi connectivity index (χ0n) is 19.0. The molecule has 3 N–H and O–H groups in total. The molecule has 34 heavy (non-hydrogen) atoms. The largest absolute Gasteiger partial charge is 0.324 e. The molecule has 4 rings (SSSR count). The van der Waals surface area contributed by atoms with E-state index in [1.54, 1.807) is 0 Å². The van der Waals surface area contributed by atoms with Crippen LogP contribution in [0.3, 0.4) is 0 Å². The molecule has 0 atom stereocenters. The number of aromatic nitrogens is 3. The lowest BCUT2D eigenvalue weighted by Crippen LogP contribution is -2.16. The Morgan fingerprint density at radius 2 is 1.91 bits per heavy atom. The number of primary sulfonamides is 1. The van der Waals surface area contributed by atoms with E-state index in [1.165, 1.54) is 53.1 Å². The highest BCUT2D eigenvalue weighted by atomic mass is 35.5. The van der Waals surface area contributed by atoms with Gasteiger partial charge in [-0.15, -0.1) is 10.2 Å². The first kappa shape index (κ1) is 24.7. The van der Waals surface area contributed by atoms with Crippen LogP contribution < -0.4 is 10.5 Å². The summed E-state index contributed by atoms with van der Waals surface area (Å²) in [6, 6.07) is 8.25. The fourth-order valence-electron chi connectivity index (χ4n) is 4.27. The topological polar surface area (TPSA) is 120 Å². The zero-order valence-corrected chi connectivity index (χ0v) is 21.4. The summed E-state index contributed by atoms with van der Waals surface area (Å²) >= 11 is 7.41. The van der Waals surface area contributed by atoms with Gasteiger partial charge in [-0.1, -0.05) is 36.4 Å². The molecule has 0 saturated heterocycles. The van der Waals surface area contributed by atoms with Crippen molar-refractivity contribution in [3.63, 3.8) is 0 Å². The number of halogens is 1. The fourth-order valence-corrected chi connectivity index (χ4v) is 5.89. The van der Waals surface area contributed by atoms with Crippen LogP contribution in [0.1, 0.15) is 42.3 Å². The SMILES string of the molecule is CCc1ccc(-n2c(C)nnc2SCC(=O)Nc2ccc(S(N)(=O)=O)cc2Cl)c2c1CCCC2. The lowest BCUT2D eigenvalue weighted by Gasteiger charge is -2.23. The summed E-state index contributed by atoms with van der Waals surface area (Å²) < 4.78 is 25.0. The van der Waals surface area contributed by atoms with E-state index < -0.39 is 10.0 Å². The lowest BCUT2D eigenvalue weighted by atomic mass is 9.86. The second-order valence-corrected chi connectivity index (χ2v) is 11.1. The predicted molar refractivity (Wildman–Crippen MR) is 134 cm³/mol. The minimum Gasteiger partial charge on any atom is -0.324 e. The number of nitrogens with zero attached hydrogens (tertiary/aromatic N) is 3. The number of fused-ring (bicyclic) bond motifs is 1. The van der Waals surface area contributed by atoms with Crippen molar-refractivity contribution in [2.75, 3.05) is 11.1 Å². The van der Waals surface area contributed by atoms with Crippen molar-refractivity contribution in [1.82, 2.24) is 14.8 Å². The number of benzene rings is 2. The first-order valence-corrected chi connectivity index (χ1v) is 13.9. The summed E-state index contributed by atoms with van der Waals surface area (Å²) in [6.07, 6.45) is 5.47. The van der Waals surface area contributed by atoms with E-state index in [-0.39, 0.29) is 21.6 Å². The van der Waals surface area contributed by atoms with Crippen LogP contribution in [0, 0.1) is 6.92 Å². The monoisotopic (exact) mass is 519 g/mol. The molecule has 0 spiro atoms. The normalized spacial score (nSPS) is 13.5. The van der Waals surface area contributed by atoms with Crippen molar-refractivity contribution in [3.8, 4) is 5.69 Å². The standard InChI is InChI=1S/C23H26ClN5O3S2/c1-3-15-8-11-21(18-7-5-4-6-17(15)18)29-14(2)27-28-23(29)33-13-22(30)26-20-10-9-16(12-19(20)24)34(25,31)32/h8-12H,3-7,13H2,1-2H3,(H,26,30)(H2,25,31,32). The summed E-state index contributed by atoms with van der Waals surface area (Å²) in [5.41, 5.74) is 5.57. The lowest BCUT2D eigenvalue weighted by molar-refractivity contribution is -0.113. The Bertz CT molecular complexity index is 1350. The second-order valence-electron chi connectivity index (χ2n) is 8.15. The first-order chi connectivity index (χ1) is 16.2. The molecule has 8 nitrogen and oxygen atoms in total. The predicted octanol–water partition coefficient (Wildman–Crippen LogP) is 4.05. The molecular weight excluding hydrogens is 494 g/mol.